The summed E-state index contributed by atoms with van der Waals surface area (Å²) in [5, 5.41) is 8.85. The van der Waals surface area contributed by atoms with Gasteiger partial charge in [-0.3, -0.25) is 14.5 Å². The zero-order chi connectivity index (χ0) is 20.1. The number of hydrogen-bond donors (Lipinski definition) is 3. The lowest BCUT2D eigenvalue weighted by atomic mass is 9.65. The standard InChI is InChI=1S/C20H36N4O3/c1-5-11-21-12-13-22-16(25)14-24-17(26)20(23-18(24)27)9-7-15(8-10-20)19(3,4)6-2/h15,21H,5-14H2,1-4H3,(H,22,25)(H,23,27). The van der Waals surface area contributed by atoms with Crippen molar-refractivity contribution in [1.29, 1.82) is 0 Å². The van der Waals surface area contributed by atoms with Gasteiger partial charge in [-0.2, -0.15) is 0 Å². The van der Waals surface area contributed by atoms with Crippen molar-refractivity contribution >= 4 is 17.8 Å². The Labute approximate surface area is 163 Å². The van der Waals surface area contributed by atoms with E-state index in [4.69, 9.17) is 0 Å². The van der Waals surface area contributed by atoms with Crippen LogP contribution in [0.1, 0.15) is 66.2 Å². The number of hydrogen-bond acceptors (Lipinski definition) is 4. The lowest BCUT2D eigenvalue weighted by Crippen LogP contribution is -2.51. The Morgan fingerprint density at radius 3 is 2.44 bits per heavy atom. The summed E-state index contributed by atoms with van der Waals surface area (Å²) in [7, 11) is 0. The number of amides is 4. The SMILES string of the molecule is CCCNCCNC(=O)CN1C(=O)NC2(CCC(C(C)(C)CC)CC2)C1=O. The van der Waals surface area contributed by atoms with Crippen LogP contribution in [0.15, 0.2) is 0 Å². The summed E-state index contributed by atoms with van der Waals surface area (Å²) in [6, 6.07) is -0.438. The van der Waals surface area contributed by atoms with Crippen molar-refractivity contribution in [3.63, 3.8) is 0 Å². The van der Waals surface area contributed by atoms with Crippen molar-refractivity contribution in [3.05, 3.63) is 0 Å². The number of nitrogens with zero attached hydrogens (tertiary/aromatic N) is 1. The van der Waals surface area contributed by atoms with Gasteiger partial charge in [-0.25, -0.2) is 4.79 Å². The van der Waals surface area contributed by atoms with Crippen LogP contribution in [0, 0.1) is 11.3 Å². The second-order valence-electron chi connectivity index (χ2n) is 8.62. The number of carbonyl (C=O) groups is 3. The molecule has 1 aliphatic carbocycles. The summed E-state index contributed by atoms with van der Waals surface area (Å²) in [5.74, 6) is 0.0277. The highest BCUT2D eigenvalue weighted by molar-refractivity contribution is 6.09. The smallest absolute Gasteiger partial charge is 0.325 e. The van der Waals surface area contributed by atoms with Gasteiger partial charge in [-0.15, -0.1) is 0 Å². The normalized spacial score (nSPS) is 25.8. The van der Waals surface area contributed by atoms with Gasteiger partial charge in [0.1, 0.15) is 12.1 Å². The van der Waals surface area contributed by atoms with Crippen LogP contribution < -0.4 is 16.0 Å². The Hall–Kier alpha value is -1.63. The highest BCUT2D eigenvalue weighted by atomic mass is 16.2. The minimum Gasteiger partial charge on any atom is -0.353 e. The molecule has 1 heterocycles. The number of nitrogens with one attached hydrogen (secondary N) is 3. The maximum atomic E-state index is 12.9. The molecule has 0 aromatic heterocycles. The largest absolute Gasteiger partial charge is 0.353 e. The van der Waals surface area contributed by atoms with E-state index in [0.717, 1.165) is 37.1 Å². The van der Waals surface area contributed by atoms with Gasteiger partial charge in [0.05, 0.1) is 0 Å². The van der Waals surface area contributed by atoms with Crippen molar-refractivity contribution in [2.24, 2.45) is 11.3 Å². The van der Waals surface area contributed by atoms with E-state index < -0.39 is 11.6 Å². The second-order valence-corrected chi connectivity index (χ2v) is 8.62. The first-order valence-electron chi connectivity index (χ1n) is 10.4. The van der Waals surface area contributed by atoms with E-state index in [1.807, 2.05) is 0 Å². The predicted octanol–water partition coefficient (Wildman–Crippen LogP) is 2.02. The second kappa shape index (κ2) is 9.04. The quantitative estimate of drug-likeness (QED) is 0.422. The fourth-order valence-corrected chi connectivity index (χ4v) is 4.13. The molecule has 0 radical (unpaired) electrons. The lowest BCUT2D eigenvalue weighted by molar-refractivity contribution is -0.136. The predicted molar refractivity (Wildman–Crippen MR) is 105 cm³/mol. The Bertz CT molecular complexity index is 553. The van der Waals surface area contributed by atoms with Crippen LogP contribution in [0.2, 0.25) is 0 Å². The van der Waals surface area contributed by atoms with Crippen LogP contribution in [-0.2, 0) is 9.59 Å². The molecule has 7 nitrogen and oxygen atoms in total. The minimum absolute atomic E-state index is 0.204. The monoisotopic (exact) mass is 380 g/mol. The summed E-state index contributed by atoms with van der Waals surface area (Å²) < 4.78 is 0. The van der Waals surface area contributed by atoms with E-state index in [1.54, 1.807) is 0 Å². The van der Waals surface area contributed by atoms with E-state index in [-0.39, 0.29) is 23.8 Å². The molecular weight excluding hydrogens is 344 g/mol. The summed E-state index contributed by atoms with van der Waals surface area (Å²) in [6.45, 7) is 10.7. The molecule has 27 heavy (non-hydrogen) atoms. The number of urea groups is 1. The Balaban J connectivity index is 1.87. The summed E-state index contributed by atoms with van der Waals surface area (Å²) in [5.41, 5.74) is -0.557. The molecule has 2 rings (SSSR count). The Morgan fingerprint density at radius 1 is 1.19 bits per heavy atom. The van der Waals surface area contributed by atoms with Crippen LogP contribution >= 0.6 is 0 Å². The van der Waals surface area contributed by atoms with Gasteiger partial charge < -0.3 is 16.0 Å². The van der Waals surface area contributed by atoms with Gasteiger partial charge in [0.25, 0.3) is 5.91 Å². The number of rotatable bonds is 9. The molecule has 0 unspecified atom stereocenters. The maximum Gasteiger partial charge on any atom is 0.325 e. The molecule has 3 N–H and O–H groups in total. The molecular formula is C20H36N4O3. The molecule has 0 bridgehead atoms. The topological polar surface area (TPSA) is 90.5 Å². The van der Waals surface area contributed by atoms with Gasteiger partial charge in [0.2, 0.25) is 5.91 Å². The van der Waals surface area contributed by atoms with Crippen molar-refractivity contribution in [3.8, 4) is 0 Å². The van der Waals surface area contributed by atoms with E-state index in [9.17, 15) is 14.4 Å². The third-order valence-corrected chi connectivity index (χ3v) is 6.45. The highest BCUT2D eigenvalue weighted by Gasteiger charge is 2.53. The maximum absolute atomic E-state index is 12.9. The van der Waals surface area contributed by atoms with Gasteiger partial charge in [-0.1, -0.05) is 34.1 Å². The summed E-state index contributed by atoms with van der Waals surface area (Å²) in [4.78, 5) is 38.5. The average molecular weight is 381 g/mol. The first kappa shape index (κ1) is 21.7. The molecule has 0 aromatic carbocycles. The third-order valence-electron chi connectivity index (χ3n) is 6.45. The fourth-order valence-electron chi connectivity index (χ4n) is 4.13. The molecule has 1 spiro atoms. The van der Waals surface area contributed by atoms with Crippen LogP contribution in [0.5, 0.6) is 0 Å². The van der Waals surface area contributed by atoms with Crippen LogP contribution in [0.3, 0.4) is 0 Å². The van der Waals surface area contributed by atoms with Crippen LogP contribution in [-0.4, -0.2) is 54.5 Å². The average Bonchev–Trinajstić information content (AvgIpc) is 2.86. The van der Waals surface area contributed by atoms with Gasteiger partial charge in [-0.05, 0) is 50.0 Å². The van der Waals surface area contributed by atoms with Gasteiger partial charge in [0.15, 0.2) is 0 Å². The summed E-state index contributed by atoms with van der Waals surface area (Å²) >= 11 is 0. The van der Waals surface area contributed by atoms with Gasteiger partial charge >= 0.3 is 6.03 Å². The molecule has 0 aromatic rings. The summed E-state index contributed by atoms with van der Waals surface area (Å²) in [6.07, 6.45) is 5.31. The van der Waals surface area contributed by atoms with E-state index in [2.05, 4.69) is 43.6 Å². The molecule has 0 atom stereocenters. The Kier molecular flexibility index (Phi) is 7.25. The van der Waals surface area contributed by atoms with Crippen molar-refractivity contribution in [1.82, 2.24) is 20.9 Å². The number of carbonyl (C=O) groups excluding carboxylic acids is 3. The third kappa shape index (κ3) is 5.00. The van der Waals surface area contributed by atoms with Crippen molar-refractivity contribution < 1.29 is 14.4 Å². The first-order chi connectivity index (χ1) is 12.8. The van der Waals surface area contributed by atoms with Crippen LogP contribution in [0.4, 0.5) is 4.79 Å². The zero-order valence-electron chi connectivity index (χ0n) is 17.3. The van der Waals surface area contributed by atoms with E-state index in [1.165, 1.54) is 0 Å². The highest BCUT2D eigenvalue weighted by Crippen LogP contribution is 2.45. The first-order valence-corrected chi connectivity index (χ1v) is 10.4. The van der Waals surface area contributed by atoms with Crippen LogP contribution in [0.25, 0.3) is 0 Å². The number of imide groups is 1. The minimum atomic E-state index is -0.805. The molecule has 2 aliphatic rings. The molecule has 4 amide bonds. The molecule has 1 saturated carbocycles. The van der Waals surface area contributed by atoms with Gasteiger partial charge in [0, 0.05) is 13.1 Å². The van der Waals surface area contributed by atoms with Crippen molar-refractivity contribution in [2.75, 3.05) is 26.2 Å². The molecule has 7 heteroatoms. The van der Waals surface area contributed by atoms with Crippen molar-refractivity contribution in [2.45, 2.75) is 71.8 Å². The fraction of sp³-hybridized carbons (Fsp3) is 0.850. The van der Waals surface area contributed by atoms with E-state index >= 15 is 0 Å². The molecule has 2 fully saturated rings. The zero-order valence-corrected chi connectivity index (χ0v) is 17.3. The lowest BCUT2D eigenvalue weighted by Gasteiger charge is -2.42. The molecule has 1 saturated heterocycles. The molecule has 1 aliphatic heterocycles. The van der Waals surface area contributed by atoms with E-state index in [0.29, 0.717) is 31.8 Å². The molecule has 154 valence electrons. The Morgan fingerprint density at radius 2 is 1.85 bits per heavy atom.